The number of anilines is 2. The molecule has 2 aliphatic heterocycles. The Labute approximate surface area is 201 Å². The summed E-state index contributed by atoms with van der Waals surface area (Å²) >= 11 is 2.98. The number of nitrogens with zero attached hydrogens (tertiary/aromatic N) is 3. The van der Waals surface area contributed by atoms with Crippen LogP contribution in [0.4, 0.5) is 17.1 Å². The number of aliphatic imine (C=N–C) groups is 1. The molecule has 0 bridgehead atoms. The molecule has 0 unspecified atom stereocenters. The highest BCUT2D eigenvalue weighted by Gasteiger charge is 2.40. The second kappa shape index (κ2) is 8.57. The maximum Gasteiger partial charge on any atom is 0.274 e. The zero-order chi connectivity index (χ0) is 23.1. The number of aryl methyl sites for hydroxylation is 1. The summed E-state index contributed by atoms with van der Waals surface area (Å²) in [7, 11) is 1.99. The molecule has 2 aliphatic rings. The van der Waals surface area contributed by atoms with Crippen LogP contribution < -0.4 is 9.80 Å². The van der Waals surface area contributed by atoms with Gasteiger partial charge in [0.05, 0.1) is 22.1 Å². The van der Waals surface area contributed by atoms with Gasteiger partial charge in [0.1, 0.15) is 4.91 Å². The third kappa shape index (κ3) is 3.98. The van der Waals surface area contributed by atoms with E-state index < -0.39 is 0 Å². The minimum atomic E-state index is -0.0925. The van der Waals surface area contributed by atoms with Gasteiger partial charge in [-0.25, -0.2) is 4.99 Å². The van der Waals surface area contributed by atoms with Gasteiger partial charge in [-0.2, -0.15) is 0 Å². The summed E-state index contributed by atoms with van der Waals surface area (Å²) in [5, 5.41) is 1.49. The molecule has 0 N–H and O–H groups in total. The highest BCUT2D eigenvalue weighted by molar-refractivity contribution is 8.20. The zero-order valence-electron chi connectivity index (χ0n) is 18.4. The molecule has 5 nitrogen and oxygen atoms in total. The van der Waals surface area contributed by atoms with E-state index in [-0.39, 0.29) is 11.7 Å². The number of thioether (sulfide) groups is 2. The number of ketones is 1. The van der Waals surface area contributed by atoms with Gasteiger partial charge in [-0.3, -0.25) is 14.5 Å². The quantitative estimate of drug-likeness (QED) is 0.328. The van der Waals surface area contributed by atoms with Crippen molar-refractivity contribution in [2.75, 3.05) is 16.8 Å². The summed E-state index contributed by atoms with van der Waals surface area (Å²) in [5.74, 6) is -0.0844. The Bertz CT molecular complexity index is 1330. The second-order valence-corrected chi connectivity index (χ2v) is 9.85. The number of amidine groups is 1. The Balaban J connectivity index is 1.59. The van der Waals surface area contributed by atoms with Gasteiger partial charge >= 0.3 is 0 Å². The van der Waals surface area contributed by atoms with Gasteiger partial charge in [-0.1, -0.05) is 41.6 Å². The van der Waals surface area contributed by atoms with Crippen LogP contribution in [0, 0.1) is 6.92 Å². The molecule has 1 fully saturated rings. The van der Waals surface area contributed by atoms with E-state index >= 15 is 0 Å². The summed E-state index contributed by atoms with van der Waals surface area (Å²) in [6, 6.07) is 23.1. The van der Waals surface area contributed by atoms with Crippen molar-refractivity contribution in [1.29, 1.82) is 0 Å². The molecule has 0 aliphatic carbocycles. The highest BCUT2D eigenvalue weighted by Crippen LogP contribution is 2.50. The van der Waals surface area contributed by atoms with Crippen LogP contribution in [0.2, 0.25) is 0 Å². The number of benzene rings is 3. The first-order valence-corrected chi connectivity index (χ1v) is 12.1. The van der Waals surface area contributed by atoms with Gasteiger partial charge in [-0.05, 0) is 74.1 Å². The molecule has 0 atom stereocenters. The van der Waals surface area contributed by atoms with Crippen LogP contribution in [0.3, 0.4) is 0 Å². The van der Waals surface area contributed by atoms with Gasteiger partial charge in [-0.15, -0.1) is 0 Å². The SMILES string of the molecule is CC(=O)c1ccc(N=C2SC(=C3Sc4ccccc4N3C)C(=O)N2c2ccc(C)cc2)cc1. The lowest BCUT2D eigenvalue weighted by Gasteiger charge is -2.17. The highest BCUT2D eigenvalue weighted by atomic mass is 32.2. The third-order valence-corrected chi connectivity index (χ3v) is 7.90. The molecule has 0 radical (unpaired) electrons. The van der Waals surface area contributed by atoms with E-state index in [1.165, 1.54) is 18.7 Å². The van der Waals surface area contributed by atoms with E-state index in [1.807, 2.05) is 50.4 Å². The van der Waals surface area contributed by atoms with Crippen molar-refractivity contribution in [3.05, 3.63) is 93.9 Å². The van der Waals surface area contributed by atoms with Gasteiger partial charge in [0, 0.05) is 17.5 Å². The van der Waals surface area contributed by atoms with E-state index in [1.54, 1.807) is 40.9 Å². The minimum absolute atomic E-state index is 0.00813. The molecule has 0 aromatic heterocycles. The third-order valence-electron chi connectivity index (χ3n) is 5.50. The normalized spacial score (nSPS) is 18.9. The number of hydrogen-bond acceptors (Lipinski definition) is 6. The maximum absolute atomic E-state index is 13.7. The molecule has 3 aromatic carbocycles. The molecule has 164 valence electrons. The number of carbonyl (C=O) groups excluding carboxylic acids is 2. The monoisotopic (exact) mass is 471 g/mol. The van der Waals surface area contributed by atoms with Crippen LogP contribution in [-0.2, 0) is 4.79 Å². The molecule has 1 saturated heterocycles. The molecule has 33 heavy (non-hydrogen) atoms. The van der Waals surface area contributed by atoms with Crippen molar-refractivity contribution in [1.82, 2.24) is 0 Å². The van der Waals surface area contributed by atoms with Crippen molar-refractivity contribution >= 4 is 57.4 Å². The first-order chi connectivity index (χ1) is 15.9. The van der Waals surface area contributed by atoms with Gasteiger partial charge < -0.3 is 4.90 Å². The lowest BCUT2D eigenvalue weighted by molar-refractivity contribution is -0.113. The molecular weight excluding hydrogens is 450 g/mol. The van der Waals surface area contributed by atoms with Crippen LogP contribution in [0.1, 0.15) is 22.8 Å². The zero-order valence-corrected chi connectivity index (χ0v) is 20.0. The first-order valence-electron chi connectivity index (χ1n) is 10.5. The van der Waals surface area contributed by atoms with Crippen molar-refractivity contribution in [2.45, 2.75) is 18.7 Å². The summed E-state index contributed by atoms with van der Waals surface area (Å²) < 4.78 is 0. The van der Waals surface area contributed by atoms with Crippen LogP contribution in [-0.4, -0.2) is 23.9 Å². The lowest BCUT2D eigenvalue weighted by atomic mass is 10.1. The van der Waals surface area contributed by atoms with Crippen molar-refractivity contribution in [2.24, 2.45) is 4.99 Å². The fourth-order valence-corrected chi connectivity index (χ4v) is 6.03. The number of para-hydroxylation sites is 1. The molecule has 2 heterocycles. The average Bonchev–Trinajstić information content (AvgIpc) is 3.31. The van der Waals surface area contributed by atoms with Crippen molar-refractivity contribution in [3.8, 4) is 0 Å². The van der Waals surface area contributed by atoms with Crippen molar-refractivity contribution < 1.29 is 9.59 Å². The Hall–Kier alpha value is -3.29. The standard InChI is InChI=1S/C26H21N3O2S2/c1-16-8-14-20(15-9-16)29-24(31)23(25-28(3)21-6-4-5-7-22(21)32-25)33-26(29)27-19-12-10-18(11-13-19)17(2)30/h4-15H,1-3H3. The average molecular weight is 472 g/mol. The number of carbonyl (C=O) groups is 2. The summed E-state index contributed by atoms with van der Waals surface area (Å²) in [5.41, 5.74) is 4.31. The molecular formula is C26H21N3O2S2. The molecule has 0 spiro atoms. The fourth-order valence-electron chi connectivity index (χ4n) is 3.68. The van der Waals surface area contributed by atoms with Gasteiger partial charge in [0.15, 0.2) is 11.0 Å². The van der Waals surface area contributed by atoms with Crippen LogP contribution in [0.25, 0.3) is 0 Å². The molecule has 7 heteroatoms. The summed E-state index contributed by atoms with van der Waals surface area (Å²) in [6.07, 6.45) is 0. The number of amides is 1. The van der Waals surface area contributed by atoms with Gasteiger partial charge in [0.25, 0.3) is 5.91 Å². The van der Waals surface area contributed by atoms with Crippen LogP contribution in [0.15, 0.2) is 92.6 Å². The van der Waals surface area contributed by atoms with E-state index in [9.17, 15) is 9.59 Å². The molecule has 0 saturated carbocycles. The Morgan fingerprint density at radius 1 is 0.909 bits per heavy atom. The number of hydrogen-bond donors (Lipinski definition) is 0. The van der Waals surface area contributed by atoms with Crippen molar-refractivity contribution in [3.63, 3.8) is 0 Å². The fraction of sp³-hybridized carbons (Fsp3) is 0.115. The predicted octanol–water partition coefficient (Wildman–Crippen LogP) is 6.38. The van der Waals surface area contributed by atoms with E-state index in [4.69, 9.17) is 4.99 Å². The Morgan fingerprint density at radius 3 is 2.27 bits per heavy atom. The van der Waals surface area contributed by atoms with Crippen LogP contribution >= 0.6 is 23.5 Å². The maximum atomic E-state index is 13.7. The molecule has 5 rings (SSSR count). The largest absolute Gasteiger partial charge is 0.337 e. The van der Waals surface area contributed by atoms with E-state index in [0.29, 0.717) is 21.3 Å². The predicted molar refractivity (Wildman–Crippen MR) is 138 cm³/mol. The van der Waals surface area contributed by atoms with E-state index in [2.05, 4.69) is 17.0 Å². The Kier molecular flexibility index (Phi) is 5.60. The van der Waals surface area contributed by atoms with Gasteiger partial charge in [0.2, 0.25) is 0 Å². The number of fused-ring (bicyclic) bond motifs is 1. The summed E-state index contributed by atoms with van der Waals surface area (Å²) in [6.45, 7) is 3.56. The number of rotatable bonds is 3. The minimum Gasteiger partial charge on any atom is -0.337 e. The Morgan fingerprint density at radius 2 is 1.61 bits per heavy atom. The molecule has 1 amide bonds. The molecule has 3 aromatic rings. The second-order valence-electron chi connectivity index (χ2n) is 7.84. The van der Waals surface area contributed by atoms with E-state index in [0.717, 1.165) is 26.9 Å². The van der Waals surface area contributed by atoms with Crippen LogP contribution in [0.5, 0.6) is 0 Å². The summed E-state index contributed by atoms with van der Waals surface area (Å²) in [4.78, 5) is 35.6. The smallest absolute Gasteiger partial charge is 0.274 e. The first kappa shape index (κ1) is 21.6. The lowest BCUT2D eigenvalue weighted by Crippen LogP contribution is -2.29. The topological polar surface area (TPSA) is 53.0 Å². The number of Topliss-reactive ketones (excluding diaryl/α,β-unsaturated/α-hetero) is 1.